The summed E-state index contributed by atoms with van der Waals surface area (Å²) >= 11 is 0. The molecule has 4 nitrogen and oxygen atoms in total. The molecule has 0 aliphatic heterocycles. The summed E-state index contributed by atoms with van der Waals surface area (Å²) in [5, 5.41) is 21.7. The van der Waals surface area contributed by atoms with Crippen molar-refractivity contribution in [2.75, 3.05) is 6.61 Å². The molecule has 1 atom stereocenters. The van der Waals surface area contributed by atoms with Crippen LogP contribution in [0.1, 0.15) is 30.0 Å². The van der Waals surface area contributed by atoms with Gasteiger partial charge in [-0.05, 0) is 24.5 Å². The molecule has 2 rings (SSSR count). The lowest BCUT2D eigenvalue weighted by molar-refractivity contribution is -0.121. The minimum atomic E-state index is -0.145. The van der Waals surface area contributed by atoms with E-state index in [0.29, 0.717) is 18.4 Å². The third kappa shape index (κ3) is 4.60. The predicted octanol–water partition coefficient (Wildman–Crippen LogP) is 2.56. The van der Waals surface area contributed by atoms with Crippen molar-refractivity contribution >= 4 is 5.91 Å². The van der Waals surface area contributed by atoms with Crippen molar-refractivity contribution in [1.29, 1.82) is 0 Å². The first-order chi connectivity index (χ1) is 10.7. The number of carbonyl (C=O) groups excluding carboxylic acids is 1. The van der Waals surface area contributed by atoms with Gasteiger partial charge >= 0.3 is 0 Å². The standard InChI is InChI=1S/C18H21NO3/c20-12-6-10-16(14-7-2-1-3-8-14)19-18(22)13-15-9-4-5-11-17(15)21/h1-5,7-9,11,16,20-21H,6,10,12-13H2,(H,19,22). The van der Waals surface area contributed by atoms with E-state index in [0.717, 1.165) is 5.56 Å². The van der Waals surface area contributed by atoms with E-state index in [9.17, 15) is 9.90 Å². The third-order valence-electron chi connectivity index (χ3n) is 3.53. The number of rotatable bonds is 7. The molecule has 0 saturated carbocycles. The Kier molecular flexibility index (Phi) is 5.98. The van der Waals surface area contributed by atoms with Crippen LogP contribution in [-0.4, -0.2) is 22.7 Å². The average molecular weight is 299 g/mol. The topological polar surface area (TPSA) is 69.6 Å². The number of hydrogen-bond donors (Lipinski definition) is 3. The number of aromatic hydroxyl groups is 1. The monoisotopic (exact) mass is 299 g/mol. The third-order valence-corrected chi connectivity index (χ3v) is 3.53. The summed E-state index contributed by atoms with van der Waals surface area (Å²) < 4.78 is 0. The van der Waals surface area contributed by atoms with Gasteiger partial charge in [-0.15, -0.1) is 0 Å². The first-order valence-corrected chi connectivity index (χ1v) is 7.42. The van der Waals surface area contributed by atoms with Gasteiger partial charge in [0.1, 0.15) is 5.75 Å². The van der Waals surface area contributed by atoms with Crippen LogP contribution in [0.25, 0.3) is 0 Å². The van der Waals surface area contributed by atoms with Crippen molar-refractivity contribution in [2.45, 2.75) is 25.3 Å². The smallest absolute Gasteiger partial charge is 0.225 e. The molecular weight excluding hydrogens is 278 g/mol. The maximum absolute atomic E-state index is 12.2. The summed E-state index contributed by atoms with van der Waals surface area (Å²) in [6.45, 7) is 0.0959. The van der Waals surface area contributed by atoms with Gasteiger partial charge in [-0.1, -0.05) is 48.5 Å². The van der Waals surface area contributed by atoms with Crippen LogP contribution in [0.15, 0.2) is 54.6 Å². The first-order valence-electron chi connectivity index (χ1n) is 7.42. The molecule has 0 bridgehead atoms. The van der Waals surface area contributed by atoms with Crippen molar-refractivity contribution in [3.05, 3.63) is 65.7 Å². The minimum absolute atomic E-state index is 0.0959. The molecule has 0 saturated heterocycles. The molecule has 3 N–H and O–H groups in total. The van der Waals surface area contributed by atoms with Crippen molar-refractivity contribution in [3.63, 3.8) is 0 Å². The molecule has 0 aliphatic rings. The van der Waals surface area contributed by atoms with Gasteiger partial charge in [0, 0.05) is 12.2 Å². The Hall–Kier alpha value is -2.33. The SMILES string of the molecule is O=C(Cc1ccccc1O)NC(CCCO)c1ccccc1. The fraction of sp³-hybridized carbons (Fsp3) is 0.278. The van der Waals surface area contributed by atoms with Crippen molar-refractivity contribution < 1.29 is 15.0 Å². The van der Waals surface area contributed by atoms with Crippen molar-refractivity contribution in [2.24, 2.45) is 0 Å². The average Bonchev–Trinajstić information content (AvgIpc) is 2.54. The van der Waals surface area contributed by atoms with Gasteiger partial charge < -0.3 is 15.5 Å². The minimum Gasteiger partial charge on any atom is -0.508 e. The van der Waals surface area contributed by atoms with Gasteiger partial charge in [0.15, 0.2) is 0 Å². The van der Waals surface area contributed by atoms with Crippen LogP contribution < -0.4 is 5.32 Å². The normalized spacial score (nSPS) is 11.9. The Labute approximate surface area is 130 Å². The fourth-order valence-electron chi connectivity index (χ4n) is 2.38. The van der Waals surface area contributed by atoms with Crippen LogP contribution >= 0.6 is 0 Å². The predicted molar refractivity (Wildman–Crippen MR) is 85.5 cm³/mol. The Bertz CT molecular complexity index is 598. The molecule has 2 aromatic rings. The second kappa shape index (κ2) is 8.20. The van der Waals surface area contributed by atoms with Crippen LogP contribution in [-0.2, 0) is 11.2 Å². The van der Waals surface area contributed by atoms with Crippen LogP contribution in [0, 0.1) is 0 Å². The van der Waals surface area contributed by atoms with Gasteiger partial charge in [0.05, 0.1) is 12.5 Å². The highest BCUT2D eigenvalue weighted by Gasteiger charge is 2.15. The van der Waals surface area contributed by atoms with Gasteiger partial charge in [0.25, 0.3) is 0 Å². The van der Waals surface area contributed by atoms with E-state index in [2.05, 4.69) is 5.32 Å². The quantitative estimate of drug-likeness (QED) is 0.736. The number of para-hydroxylation sites is 1. The molecule has 116 valence electrons. The number of nitrogens with one attached hydrogen (secondary N) is 1. The molecule has 1 unspecified atom stereocenters. The molecule has 0 radical (unpaired) electrons. The largest absolute Gasteiger partial charge is 0.508 e. The van der Waals surface area contributed by atoms with Gasteiger partial charge in [-0.2, -0.15) is 0 Å². The zero-order chi connectivity index (χ0) is 15.8. The van der Waals surface area contributed by atoms with Crippen molar-refractivity contribution in [3.8, 4) is 5.75 Å². The van der Waals surface area contributed by atoms with E-state index in [-0.39, 0.29) is 30.7 Å². The molecule has 0 aromatic heterocycles. The first kappa shape index (κ1) is 16.0. The maximum Gasteiger partial charge on any atom is 0.225 e. The molecule has 22 heavy (non-hydrogen) atoms. The summed E-state index contributed by atoms with van der Waals surface area (Å²) in [7, 11) is 0. The lowest BCUT2D eigenvalue weighted by atomic mass is 10.0. The molecular formula is C18H21NO3. The zero-order valence-electron chi connectivity index (χ0n) is 12.4. The van der Waals surface area contributed by atoms with Gasteiger partial charge in [-0.25, -0.2) is 0 Å². The Balaban J connectivity index is 2.03. The van der Waals surface area contributed by atoms with E-state index in [4.69, 9.17) is 5.11 Å². The Morgan fingerprint density at radius 2 is 1.73 bits per heavy atom. The highest BCUT2D eigenvalue weighted by molar-refractivity contribution is 5.79. The molecule has 2 aromatic carbocycles. The number of aliphatic hydroxyl groups is 1. The number of amides is 1. The second-order valence-corrected chi connectivity index (χ2v) is 5.20. The van der Waals surface area contributed by atoms with E-state index in [1.165, 1.54) is 0 Å². The lowest BCUT2D eigenvalue weighted by Gasteiger charge is -2.19. The Morgan fingerprint density at radius 1 is 1.05 bits per heavy atom. The fourth-order valence-corrected chi connectivity index (χ4v) is 2.38. The molecule has 1 amide bonds. The van der Waals surface area contributed by atoms with E-state index in [1.54, 1.807) is 24.3 Å². The summed E-state index contributed by atoms with van der Waals surface area (Å²) in [4.78, 5) is 12.2. The highest BCUT2D eigenvalue weighted by atomic mass is 16.3. The molecule has 0 spiro atoms. The van der Waals surface area contributed by atoms with E-state index >= 15 is 0 Å². The van der Waals surface area contributed by atoms with E-state index in [1.807, 2.05) is 30.3 Å². The lowest BCUT2D eigenvalue weighted by Crippen LogP contribution is -2.30. The summed E-state index contributed by atoms with van der Waals surface area (Å²) in [5.41, 5.74) is 1.62. The van der Waals surface area contributed by atoms with Gasteiger partial charge in [0.2, 0.25) is 5.91 Å². The number of hydrogen-bond acceptors (Lipinski definition) is 3. The number of phenols is 1. The second-order valence-electron chi connectivity index (χ2n) is 5.20. The number of carbonyl (C=O) groups is 1. The molecule has 0 fully saturated rings. The van der Waals surface area contributed by atoms with Crippen LogP contribution in [0.2, 0.25) is 0 Å². The maximum atomic E-state index is 12.2. The van der Waals surface area contributed by atoms with Crippen LogP contribution in [0.4, 0.5) is 0 Å². The molecule has 0 heterocycles. The summed E-state index contributed by atoms with van der Waals surface area (Å²) in [6, 6.07) is 16.4. The Morgan fingerprint density at radius 3 is 2.41 bits per heavy atom. The molecule has 0 aliphatic carbocycles. The number of phenolic OH excluding ortho intramolecular Hbond substituents is 1. The summed E-state index contributed by atoms with van der Waals surface area (Å²) in [5.74, 6) is -0.0161. The van der Waals surface area contributed by atoms with Gasteiger partial charge in [-0.3, -0.25) is 4.79 Å². The van der Waals surface area contributed by atoms with Crippen LogP contribution in [0.5, 0.6) is 5.75 Å². The summed E-state index contributed by atoms with van der Waals surface area (Å²) in [6.07, 6.45) is 1.43. The number of aliphatic hydroxyl groups excluding tert-OH is 1. The number of benzene rings is 2. The van der Waals surface area contributed by atoms with Crippen molar-refractivity contribution in [1.82, 2.24) is 5.32 Å². The van der Waals surface area contributed by atoms with E-state index < -0.39 is 0 Å². The zero-order valence-corrected chi connectivity index (χ0v) is 12.4. The molecule has 4 heteroatoms. The van der Waals surface area contributed by atoms with Crippen LogP contribution in [0.3, 0.4) is 0 Å². The highest BCUT2D eigenvalue weighted by Crippen LogP contribution is 2.20.